The molecule has 3 heteroatoms. The van der Waals surface area contributed by atoms with Crippen molar-refractivity contribution >= 4 is 11.8 Å². The van der Waals surface area contributed by atoms with Gasteiger partial charge < -0.3 is 10.4 Å². The fourth-order valence-corrected chi connectivity index (χ4v) is 3.46. The zero-order valence-electron chi connectivity index (χ0n) is 12.3. The van der Waals surface area contributed by atoms with Gasteiger partial charge in [-0.15, -0.1) is 0 Å². The number of aliphatic hydroxyl groups excluding tert-OH is 1. The van der Waals surface area contributed by atoms with Gasteiger partial charge in [-0.3, -0.25) is 0 Å². The monoisotopic (exact) mass is 281 g/mol. The molecule has 2 N–H and O–H groups in total. The highest BCUT2D eigenvalue weighted by molar-refractivity contribution is 8.00. The first-order valence-corrected chi connectivity index (χ1v) is 8.21. The molecule has 3 unspecified atom stereocenters. The number of hydrogen-bond donors (Lipinski definition) is 2. The summed E-state index contributed by atoms with van der Waals surface area (Å²) in [6.07, 6.45) is 2.24. The van der Waals surface area contributed by atoms with Crippen LogP contribution in [-0.2, 0) is 0 Å². The molecular weight excluding hydrogens is 254 g/mol. The van der Waals surface area contributed by atoms with Crippen molar-refractivity contribution < 1.29 is 5.11 Å². The number of thioether (sulfide) groups is 1. The summed E-state index contributed by atoms with van der Waals surface area (Å²) in [5.41, 5.74) is 1.35. The predicted octanol–water partition coefficient (Wildman–Crippen LogP) is 3.62. The Labute approximate surface area is 122 Å². The SMILES string of the molecule is CCCNC(c1ccccc1)C(CC)SC(C)CO. The van der Waals surface area contributed by atoms with Gasteiger partial charge in [0.25, 0.3) is 0 Å². The summed E-state index contributed by atoms with van der Waals surface area (Å²) in [7, 11) is 0. The van der Waals surface area contributed by atoms with Gasteiger partial charge in [-0.2, -0.15) is 11.8 Å². The molecule has 0 fully saturated rings. The van der Waals surface area contributed by atoms with E-state index in [2.05, 4.69) is 56.4 Å². The van der Waals surface area contributed by atoms with E-state index in [4.69, 9.17) is 0 Å². The van der Waals surface area contributed by atoms with E-state index in [0.717, 1.165) is 19.4 Å². The summed E-state index contributed by atoms with van der Waals surface area (Å²) < 4.78 is 0. The van der Waals surface area contributed by atoms with Crippen LogP contribution in [0.3, 0.4) is 0 Å². The molecule has 0 aliphatic rings. The highest BCUT2D eigenvalue weighted by atomic mass is 32.2. The lowest BCUT2D eigenvalue weighted by Gasteiger charge is -2.29. The molecule has 0 spiro atoms. The molecule has 0 heterocycles. The molecule has 19 heavy (non-hydrogen) atoms. The van der Waals surface area contributed by atoms with Gasteiger partial charge in [-0.25, -0.2) is 0 Å². The third-order valence-electron chi connectivity index (χ3n) is 3.21. The third kappa shape index (κ3) is 5.55. The van der Waals surface area contributed by atoms with Gasteiger partial charge in [0.15, 0.2) is 0 Å². The van der Waals surface area contributed by atoms with Gasteiger partial charge in [0, 0.05) is 16.5 Å². The van der Waals surface area contributed by atoms with Crippen molar-refractivity contribution in [3.05, 3.63) is 35.9 Å². The van der Waals surface area contributed by atoms with Crippen LogP contribution in [0, 0.1) is 0 Å². The van der Waals surface area contributed by atoms with E-state index >= 15 is 0 Å². The van der Waals surface area contributed by atoms with Crippen LogP contribution in [0.4, 0.5) is 0 Å². The molecule has 1 aromatic rings. The van der Waals surface area contributed by atoms with Crippen molar-refractivity contribution in [2.24, 2.45) is 0 Å². The van der Waals surface area contributed by atoms with Crippen molar-refractivity contribution in [3.8, 4) is 0 Å². The molecule has 0 radical (unpaired) electrons. The molecule has 108 valence electrons. The summed E-state index contributed by atoms with van der Waals surface area (Å²) in [5, 5.41) is 13.7. The van der Waals surface area contributed by atoms with Crippen LogP contribution in [0.25, 0.3) is 0 Å². The zero-order chi connectivity index (χ0) is 14.1. The smallest absolute Gasteiger partial charge is 0.0547 e. The maximum atomic E-state index is 9.27. The van der Waals surface area contributed by atoms with Crippen LogP contribution in [-0.4, -0.2) is 28.8 Å². The molecule has 1 rings (SSSR count). The lowest BCUT2D eigenvalue weighted by atomic mass is 10.0. The van der Waals surface area contributed by atoms with Gasteiger partial charge in [0.1, 0.15) is 0 Å². The number of benzene rings is 1. The van der Waals surface area contributed by atoms with E-state index in [1.165, 1.54) is 5.56 Å². The first-order chi connectivity index (χ1) is 9.22. The van der Waals surface area contributed by atoms with Crippen molar-refractivity contribution in [1.82, 2.24) is 5.32 Å². The van der Waals surface area contributed by atoms with Crippen molar-refractivity contribution in [1.29, 1.82) is 0 Å². The van der Waals surface area contributed by atoms with Crippen LogP contribution >= 0.6 is 11.8 Å². The number of rotatable bonds is 9. The maximum absolute atomic E-state index is 9.27. The standard InChI is InChI=1S/C16H27NOS/c1-4-11-17-16(14-9-7-6-8-10-14)15(5-2)19-13(3)12-18/h6-10,13,15-18H,4-5,11-12H2,1-3H3. The van der Waals surface area contributed by atoms with E-state index in [-0.39, 0.29) is 6.61 Å². The minimum absolute atomic E-state index is 0.246. The Balaban J connectivity index is 2.81. The van der Waals surface area contributed by atoms with Crippen LogP contribution < -0.4 is 5.32 Å². The van der Waals surface area contributed by atoms with Gasteiger partial charge in [0.2, 0.25) is 0 Å². The second-order valence-electron chi connectivity index (χ2n) is 4.92. The summed E-state index contributed by atoms with van der Waals surface area (Å²) in [5.74, 6) is 0. The quantitative estimate of drug-likeness (QED) is 0.725. The molecule has 0 bridgehead atoms. The fourth-order valence-electron chi connectivity index (χ4n) is 2.18. The van der Waals surface area contributed by atoms with E-state index < -0.39 is 0 Å². The van der Waals surface area contributed by atoms with Gasteiger partial charge in [-0.1, -0.05) is 51.1 Å². The molecule has 0 aliphatic heterocycles. The van der Waals surface area contributed by atoms with E-state index in [1.54, 1.807) is 0 Å². The van der Waals surface area contributed by atoms with E-state index in [9.17, 15) is 5.11 Å². The average molecular weight is 281 g/mol. The molecule has 2 nitrogen and oxygen atoms in total. The normalized spacial score (nSPS) is 16.0. The molecule has 0 saturated carbocycles. The molecule has 0 aromatic heterocycles. The Bertz CT molecular complexity index is 331. The summed E-state index contributed by atoms with van der Waals surface area (Å²) >= 11 is 1.89. The number of hydrogen-bond acceptors (Lipinski definition) is 3. The summed E-state index contributed by atoms with van der Waals surface area (Å²) in [4.78, 5) is 0. The maximum Gasteiger partial charge on any atom is 0.0547 e. The Kier molecular flexibility index (Phi) is 8.19. The molecular formula is C16H27NOS. The predicted molar refractivity (Wildman–Crippen MR) is 85.7 cm³/mol. The second-order valence-corrected chi connectivity index (χ2v) is 6.60. The van der Waals surface area contributed by atoms with Gasteiger partial charge in [0.05, 0.1) is 6.61 Å². The van der Waals surface area contributed by atoms with Crippen LogP contribution in [0.5, 0.6) is 0 Å². The minimum Gasteiger partial charge on any atom is -0.395 e. The summed E-state index contributed by atoms with van der Waals surface area (Å²) in [6, 6.07) is 11.0. The van der Waals surface area contributed by atoms with Crippen LogP contribution in [0.15, 0.2) is 30.3 Å². The average Bonchev–Trinajstić information content (AvgIpc) is 2.47. The second kappa shape index (κ2) is 9.40. The van der Waals surface area contributed by atoms with Crippen molar-refractivity contribution in [2.45, 2.75) is 50.2 Å². The molecule has 0 amide bonds. The highest BCUT2D eigenvalue weighted by Gasteiger charge is 2.23. The Morgan fingerprint density at radius 1 is 1.21 bits per heavy atom. The third-order valence-corrected chi connectivity index (χ3v) is 4.78. The number of nitrogens with one attached hydrogen (secondary N) is 1. The van der Waals surface area contributed by atoms with Crippen molar-refractivity contribution in [2.75, 3.05) is 13.2 Å². The first-order valence-electron chi connectivity index (χ1n) is 7.27. The minimum atomic E-state index is 0.246. The van der Waals surface area contributed by atoms with Crippen LogP contribution in [0.2, 0.25) is 0 Å². The largest absolute Gasteiger partial charge is 0.395 e. The van der Waals surface area contributed by atoms with E-state index in [1.807, 2.05) is 11.8 Å². The first kappa shape index (κ1) is 16.5. The molecule has 1 aromatic carbocycles. The number of aliphatic hydroxyl groups is 1. The van der Waals surface area contributed by atoms with Gasteiger partial charge >= 0.3 is 0 Å². The lowest BCUT2D eigenvalue weighted by Crippen LogP contribution is -2.32. The van der Waals surface area contributed by atoms with Crippen LogP contribution in [0.1, 0.15) is 45.2 Å². The topological polar surface area (TPSA) is 32.3 Å². The van der Waals surface area contributed by atoms with Crippen molar-refractivity contribution in [3.63, 3.8) is 0 Å². The fraction of sp³-hybridized carbons (Fsp3) is 0.625. The molecule has 0 aliphatic carbocycles. The lowest BCUT2D eigenvalue weighted by molar-refractivity contribution is 0.299. The molecule has 0 saturated heterocycles. The highest BCUT2D eigenvalue weighted by Crippen LogP contribution is 2.31. The molecule has 3 atom stereocenters. The van der Waals surface area contributed by atoms with E-state index in [0.29, 0.717) is 16.5 Å². The summed E-state index contributed by atoms with van der Waals surface area (Å²) in [6.45, 7) is 7.79. The van der Waals surface area contributed by atoms with Gasteiger partial charge in [-0.05, 0) is 24.9 Å². The Morgan fingerprint density at radius 2 is 1.89 bits per heavy atom. The Morgan fingerprint density at radius 3 is 2.42 bits per heavy atom. The Hall–Kier alpha value is -0.510. The zero-order valence-corrected chi connectivity index (χ0v) is 13.1.